The molecule has 0 radical (unpaired) electrons. The van der Waals surface area contributed by atoms with Gasteiger partial charge in [0.15, 0.2) is 0 Å². The van der Waals surface area contributed by atoms with Gasteiger partial charge in [-0.25, -0.2) is 9.97 Å². The average Bonchev–Trinajstić information content (AvgIpc) is 2.06. The Morgan fingerprint density at radius 1 is 1.15 bits per heavy atom. The third-order valence-electron chi connectivity index (χ3n) is 1.63. The van der Waals surface area contributed by atoms with Crippen LogP contribution in [-0.2, 0) is 0 Å². The predicted molar refractivity (Wildman–Crippen MR) is 54.0 cm³/mol. The topological polar surface area (TPSA) is 51.8 Å². The van der Waals surface area contributed by atoms with Gasteiger partial charge in [-0.15, -0.1) is 0 Å². The number of aromatic nitrogens is 2. The van der Waals surface area contributed by atoms with Crippen LogP contribution in [0.4, 0.5) is 5.95 Å². The Morgan fingerprint density at radius 3 is 2.69 bits per heavy atom. The van der Waals surface area contributed by atoms with Crippen molar-refractivity contribution in [2.45, 2.75) is 0 Å². The normalized spacial score (nSPS) is 10.6. The van der Waals surface area contributed by atoms with Crippen LogP contribution in [0.3, 0.4) is 0 Å². The largest absolute Gasteiger partial charge is 0.368 e. The highest BCUT2D eigenvalue weighted by Gasteiger charge is 2.03. The number of hydrogen-bond donors (Lipinski definition) is 1. The summed E-state index contributed by atoms with van der Waals surface area (Å²) in [6.45, 7) is 0. The van der Waals surface area contributed by atoms with Crippen LogP contribution in [0.1, 0.15) is 0 Å². The maximum absolute atomic E-state index is 5.84. The lowest BCUT2D eigenvalue weighted by atomic mass is 10.2. The minimum Gasteiger partial charge on any atom is -0.368 e. The quantitative estimate of drug-likeness (QED) is 0.685. The molecule has 0 unspecified atom stereocenters. The Kier molecular flexibility index (Phi) is 1.98. The number of nitrogens with two attached hydrogens (primary N) is 1. The first-order chi connectivity index (χ1) is 6.16. The van der Waals surface area contributed by atoms with Gasteiger partial charge in [-0.05, 0) is 18.2 Å². The van der Waals surface area contributed by atoms with E-state index in [9.17, 15) is 0 Å². The molecule has 2 aromatic rings. The van der Waals surface area contributed by atoms with Gasteiger partial charge in [0.05, 0.1) is 5.52 Å². The van der Waals surface area contributed by atoms with Crippen LogP contribution in [0.25, 0.3) is 10.9 Å². The van der Waals surface area contributed by atoms with Crippen LogP contribution in [0.2, 0.25) is 10.2 Å². The summed E-state index contributed by atoms with van der Waals surface area (Å²) < 4.78 is 0. The van der Waals surface area contributed by atoms with Crippen molar-refractivity contribution >= 4 is 40.1 Å². The summed E-state index contributed by atoms with van der Waals surface area (Å²) in [4.78, 5) is 7.82. The summed E-state index contributed by atoms with van der Waals surface area (Å²) in [7, 11) is 0. The molecule has 66 valence electrons. The Balaban J connectivity index is 2.87. The fourth-order valence-electron chi connectivity index (χ4n) is 1.08. The van der Waals surface area contributed by atoms with E-state index in [1.807, 2.05) is 0 Å². The van der Waals surface area contributed by atoms with Crippen LogP contribution >= 0.6 is 23.2 Å². The number of nitrogen functional groups attached to an aromatic ring is 1. The molecule has 0 saturated heterocycles. The SMILES string of the molecule is Nc1nc(Cl)c2cc(Cl)ccc2n1. The predicted octanol–water partition coefficient (Wildman–Crippen LogP) is 2.52. The molecule has 5 heteroatoms. The molecule has 0 saturated carbocycles. The first-order valence-corrected chi connectivity index (χ1v) is 4.31. The second-order valence-electron chi connectivity index (χ2n) is 2.53. The Bertz CT molecular complexity index is 470. The molecular formula is C8H5Cl2N3. The number of anilines is 1. The highest BCUT2D eigenvalue weighted by molar-refractivity contribution is 6.35. The molecule has 3 nitrogen and oxygen atoms in total. The standard InChI is InChI=1S/C8H5Cl2N3/c9-4-1-2-6-5(3-4)7(10)13-8(11)12-6/h1-3H,(H2,11,12,13). The molecule has 0 spiro atoms. The molecule has 0 fully saturated rings. The van der Waals surface area contributed by atoms with E-state index in [4.69, 9.17) is 28.9 Å². The summed E-state index contributed by atoms with van der Waals surface area (Å²) in [6.07, 6.45) is 0. The molecule has 2 N–H and O–H groups in total. The van der Waals surface area contributed by atoms with E-state index in [1.165, 1.54) is 0 Å². The van der Waals surface area contributed by atoms with Gasteiger partial charge in [0.2, 0.25) is 5.95 Å². The number of fused-ring (bicyclic) bond motifs is 1. The Hall–Kier alpha value is -1.06. The van der Waals surface area contributed by atoms with Gasteiger partial charge in [0.25, 0.3) is 0 Å². The van der Waals surface area contributed by atoms with Crippen LogP contribution in [0.15, 0.2) is 18.2 Å². The lowest BCUT2D eigenvalue weighted by Crippen LogP contribution is -1.95. The molecule has 1 aromatic heterocycles. The van der Waals surface area contributed by atoms with Crippen LogP contribution in [-0.4, -0.2) is 9.97 Å². The van der Waals surface area contributed by atoms with Crippen LogP contribution in [0.5, 0.6) is 0 Å². The first-order valence-electron chi connectivity index (χ1n) is 3.55. The van der Waals surface area contributed by atoms with Crippen molar-refractivity contribution in [1.29, 1.82) is 0 Å². The second-order valence-corrected chi connectivity index (χ2v) is 3.33. The van der Waals surface area contributed by atoms with Crippen LogP contribution < -0.4 is 5.73 Å². The van der Waals surface area contributed by atoms with E-state index in [-0.39, 0.29) is 5.95 Å². The van der Waals surface area contributed by atoms with Crippen molar-refractivity contribution in [3.05, 3.63) is 28.4 Å². The van der Waals surface area contributed by atoms with E-state index in [0.29, 0.717) is 21.1 Å². The molecular weight excluding hydrogens is 209 g/mol. The molecule has 1 heterocycles. The first kappa shape index (κ1) is 8.53. The van der Waals surface area contributed by atoms with Gasteiger partial charge in [-0.2, -0.15) is 0 Å². The number of hydrogen-bond acceptors (Lipinski definition) is 3. The van der Waals surface area contributed by atoms with E-state index in [1.54, 1.807) is 18.2 Å². The van der Waals surface area contributed by atoms with Gasteiger partial charge in [0.1, 0.15) is 5.15 Å². The smallest absolute Gasteiger partial charge is 0.222 e. The van der Waals surface area contributed by atoms with E-state index >= 15 is 0 Å². The molecule has 0 aliphatic heterocycles. The highest BCUT2D eigenvalue weighted by Crippen LogP contribution is 2.23. The van der Waals surface area contributed by atoms with E-state index < -0.39 is 0 Å². The zero-order valence-corrected chi connectivity index (χ0v) is 7.97. The average molecular weight is 214 g/mol. The third kappa shape index (κ3) is 1.53. The summed E-state index contributed by atoms with van der Waals surface area (Å²) in [5.74, 6) is 0.167. The summed E-state index contributed by atoms with van der Waals surface area (Å²) in [6, 6.07) is 5.19. The molecule has 2 rings (SSSR count). The number of rotatable bonds is 0. The minimum atomic E-state index is 0.167. The van der Waals surface area contributed by atoms with Crippen molar-refractivity contribution < 1.29 is 0 Å². The van der Waals surface area contributed by atoms with E-state index in [2.05, 4.69) is 9.97 Å². The lowest BCUT2D eigenvalue weighted by Gasteiger charge is -2.00. The monoisotopic (exact) mass is 213 g/mol. The van der Waals surface area contributed by atoms with E-state index in [0.717, 1.165) is 0 Å². The maximum Gasteiger partial charge on any atom is 0.222 e. The van der Waals surface area contributed by atoms with Crippen molar-refractivity contribution in [3.8, 4) is 0 Å². The molecule has 1 aromatic carbocycles. The fourth-order valence-corrected chi connectivity index (χ4v) is 1.49. The fraction of sp³-hybridized carbons (Fsp3) is 0. The van der Waals surface area contributed by atoms with Crippen molar-refractivity contribution in [2.75, 3.05) is 5.73 Å². The highest BCUT2D eigenvalue weighted by atomic mass is 35.5. The maximum atomic E-state index is 5.84. The molecule has 13 heavy (non-hydrogen) atoms. The zero-order valence-electron chi connectivity index (χ0n) is 6.46. The summed E-state index contributed by atoms with van der Waals surface area (Å²) in [5.41, 5.74) is 6.12. The minimum absolute atomic E-state index is 0.167. The zero-order chi connectivity index (χ0) is 9.42. The van der Waals surface area contributed by atoms with Gasteiger partial charge in [-0.3, -0.25) is 0 Å². The van der Waals surface area contributed by atoms with Gasteiger partial charge in [-0.1, -0.05) is 23.2 Å². The Labute approximate surface area is 84.5 Å². The van der Waals surface area contributed by atoms with Gasteiger partial charge < -0.3 is 5.73 Å². The van der Waals surface area contributed by atoms with Gasteiger partial charge >= 0.3 is 0 Å². The molecule has 0 amide bonds. The Morgan fingerprint density at radius 2 is 1.92 bits per heavy atom. The number of nitrogens with zero attached hydrogens (tertiary/aromatic N) is 2. The summed E-state index contributed by atoms with van der Waals surface area (Å²) in [5, 5.41) is 1.64. The third-order valence-corrected chi connectivity index (χ3v) is 2.15. The van der Waals surface area contributed by atoms with Gasteiger partial charge in [0, 0.05) is 10.4 Å². The van der Waals surface area contributed by atoms with Crippen molar-refractivity contribution in [2.24, 2.45) is 0 Å². The van der Waals surface area contributed by atoms with Crippen molar-refractivity contribution in [3.63, 3.8) is 0 Å². The lowest BCUT2D eigenvalue weighted by molar-refractivity contribution is 1.24. The second kappa shape index (κ2) is 3.01. The molecule has 0 bridgehead atoms. The molecule has 0 aliphatic carbocycles. The number of benzene rings is 1. The summed E-state index contributed by atoms with van der Waals surface area (Å²) >= 11 is 11.6. The van der Waals surface area contributed by atoms with Crippen molar-refractivity contribution in [1.82, 2.24) is 9.97 Å². The molecule has 0 atom stereocenters. The molecule has 0 aliphatic rings. The number of halogens is 2. The van der Waals surface area contributed by atoms with Crippen LogP contribution in [0, 0.1) is 0 Å².